The zero-order chi connectivity index (χ0) is 11.8. The summed E-state index contributed by atoms with van der Waals surface area (Å²) in [6, 6.07) is 6.19. The second-order valence-corrected chi connectivity index (χ2v) is 4.60. The third kappa shape index (κ3) is 1.65. The monoisotopic (exact) mass is 240 g/mol. The summed E-state index contributed by atoms with van der Waals surface area (Å²) in [7, 11) is -2.67. The average Bonchev–Trinajstić information content (AvgIpc) is 2.27. The van der Waals surface area contributed by atoms with Gasteiger partial charge in [0.15, 0.2) is 0 Å². The maximum Gasteiger partial charge on any atom is 0.374 e. The lowest BCUT2D eigenvalue weighted by molar-refractivity contribution is -0.132. The van der Waals surface area contributed by atoms with E-state index >= 15 is 0 Å². The number of carbonyl (C=O) groups excluding carboxylic acids is 1. The van der Waals surface area contributed by atoms with Crippen molar-refractivity contribution >= 4 is 27.5 Å². The number of sulfonamides is 1. The first-order chi connectivity index (χ1) is 7.54. The largest absolute Gasteiger partial charge is 0.463 e. The number of esters is 1. The molecule has 1 aliphatic rings. The second-order valence-electron chi connectivity index (χ2n) is 3.03. The van der Waals surface area contributed by atoms with E-state index in [1.807, 2.05) is 0 Å². The maximum absolute atomic E-state index is 11.7. The summed E-state index contributed by atoms with van der Waals surface area (Å²) in [4.78, 5) is 11.2. The molecule has 0 aromatic heterocycles. The van der Waals surface area contributed by atoms with Gasteiger partial charge in [-0.25, -0.2) is 4.79 Å². The smallest absolute Gasteiger partial charge is 0.374 e. The predicted octanol–water partition coefficient (Wildman–Crippen LogP) is 0.372. The number of amidine groups is 1. The average molecular weight is 240 g/mol. The number of ether oxygens (including phenoxy) is 1. The highest BCUT2D eigenvalue weighted by atomic mass is 32.2. The molecule has 0 saturated heterocycles. The van der Waals surface area contributed by atoms with Crippen molar-refractivity contribution in [2.24, 2.45) is 4.40 Å². The van der Waals surface area contributed by atoms with E-state index in [1.165, 1.54) is 6.07 Å². The first-order valence-electron chi connectivity index (χ1n) is 4.34. The van der Waals surface area contributed by atoms with Crippen LogP contribution in [0.15, 0.2) is 33.6 Å². The van der Waals surface area contributed by atoms with Gasteiger partial charge in [-0.2, -0.15) is 8.42 Å². The van der Waals surface area contributed by atoms with E-state index in [0.29, 0.717) is 5.69 Å². The number of carbonyl (C=O) groups is 1. The van der Waals surface area contributed by atoms with Crippen LogP contribution in [0.3, 0.4) is 0 Å². The van der Waals surface area contributed by atoms with Crippen molar-refractivity contribution in [2.45, 2.75) is 4.90 Å². The summed E-state index contributed by atoms with van der Waals surface area (Å²) >= 11 is 0. The fraction of sp³-hybridized carbons (Fsp3) is 0.111. The molecule has 1 aromatic rings. The van der Waals surface area contributed by atoms with Crippen LogP contribution in [0.1, 0.15) is 0 Å². The first-order valence-corrected chi connectivity index (χ1v) is 5.78. The van der Waals surface area contributed by atoms with Crippen molar-refractivity contribution in [3.63, 3.8) is 0 Å². The van der Waals surface area contributed by atoms with E-state index in [4.69, 9.17) is 0 Å². The Balaban J connectivity index is 2.56. The van der Waals surface area contributed by atoms with Gasteiger partial charge in [0, 0.05) is 0 Å². The lowest BCUT2D eigenvalue weighted by Crippen LogP contribution is -2.29. The zero-order valence-electron chi connectivity index (χ0n) is 8.30. The van der Waals surface area contributed by atoms with Gasteiger partial charge in [-0.3, -0.25) is 0 Å². The lowest BCUT2D eigenvalue weighted by atomic mass is 10.3. The highest BCUT2D eigenvalue weighted by molar-refractivity contribution is 7.90. The minimum absolute atomic E-state index is 0.0441. The van der Waals surface area contributed by atoms with Gasteiger partial charge < -0.3 is 10.1 Å². The third-order valence-electron chi connectivity index (χ3n) is 2.01. The highest BCUT2D eigenvalue weighted by Crippen LogP contribution is 2.26. The van der Waals surface area contributed by atoms with Gasteiger partial charge in [0.2, 0.25) is 5.84 Å². The molecule has 2 rings (SSSR count). The molecule has 0 fully saturated rings. The molecule has 0 atom stereocenters. The predicted molar refractivity (Wildman–Crippen MR) is 56.7 cm³/mol. The van der Waals surface area contributed by atoms with E-state index in [1.54, 1.807) is 18.2 Å². The normalized spacial score (nSPS) is 16.7. The topological polar surface area (TPSA) is 84.8 Å². The van der Waals surface area contributed by atoms with E-state index < -0.39 is 16.0 Å². The first kappa shape index (κ1) is 10.6. The van der Waals surface area contributed by atoms with Gasteiger partial charge >= 0.3 is 5.97 Å². The van der Waals surface area contributed by atoms with Crippen LogP contribution < -0.4 is 5.32 Å². The van der Waals surface area contributed by atoms with Crippen molar-refractivity contribution in [3.05, 3.63) is 24.3 Å². The van der Waals surface area contributed by atoms with Gasteiger partial charge in [0.05, 0.1) is 12.8 Å². The number of fused-ring (bicyclic) bond motifs is 1. The lowest BCUT2D eigenvalue weighted by Gasteiger charge is -2.15. The number of hydrogen-bond acceptors (Lipinski definition) is 5. The summed E-state index contributed by atoms with van der Waals surface area (Å²) < 4.78 is 31.1. The van der Waals surface area contributed by atoms with Crippen LogP contribution in [-0.4, -0.2) is 27.3 Å². The minimum atomic E-state index is -3.82. The fourth-order valence-electron chi connectivity index (χ4n) is 1.30. The van der Waals surface area contributed by atoms with Crippen LogP contribution in [0.2, 0.25) is 0 Å². The molecule has 1 aromatic carbocycles. The molecule has 6 nitrogen and oxygen atoms in total. The molecule has 7 heteroatoms. The van der Waals surface area contributed by atoms with Crippen LogP contribution >= 0.6 is 0 Å². The summed E-state index contributed by atoms with van der Waals surface area (Å²) in [5.41, 5.74) is 0.318. The summed E-state index contributed by atoms with van der Waals surface area (Å²) in [6.07, 6.45) is 0. The Labute approximate surface area is 92.0 Å². The molecule has 16 heavy (non-hydrogen) atoms. The Morgan fingerprint density at radius 3 is 2.75 bits per heavy atom. The maximum atomic E-state index is 11.7. The molecule has 84 valence electrons. The Hall–Kier alpha value is -1.89. The van der Waals surface area contributed by atoms with Crippen molar-refractivity contribution in [2.75, 3.05) is 12.4 Å². The molecule has 0 saturated carbocycles. The number of rotatable bonds is 1. The highest BCUT2D eigenvalue weighted by Gasteiger charge is 2.27. The minimum Gasteiger partial charge on any atom is -0.463 e. The summed E-state index contributed by atoms with van der Waals surface area (Å²) in [6.45, 7) is 0. The molecular weight excluding hydrogens is 232 g/mol. The standard InChI is InChI=1S/C9H8N2O4S/c1-15-9(12)8-10-6-4-2-3-5-7(6)16(13,14)11-8/h2-5H,1H3,(H,10,11). The number of benzene rings is 1. The van der Waals surface area contributed by atoms with E-state index in [9.17, 15) is 13.2 Å². The molecule has 0 unspecified atom stereocenters. The van der Waals surface area contributed by atoms with Crippen molar-refractivity contribution in [3.8, 4) is 0 Å². The van der Waals surface area contributed by atoms with E-state index in [0.717, 1.165) is 7.11 Å². The summed E-state index contributed by atoms with van der Waals surface area (Å²) in [5, 5.41) is 2.60. The zero-order valence-corrected chi connectivity index (χ0v) is 9.11. The molecule has 0 aliphatic carbocycles. The fourth-order valence-corrected chi connectivity index (χ4v) is 2.41. The molecule has 1 N–H and O–H groups in total. The van der Waals surface area contributed by atoms with E-state index in [2.05, 4.69) is 14.5 Å². The Kier molecular flexibility index (Phi) is 2.39. The van der Waals surface area contributed by atoms with Gasteiger partial charge in [-0.05, 0) is 12.1 Å². The number of para-hydroxylation sites is 1. The SMILES string of the molecule is COC(=O)C1=NS(=O)(=O)c2ccccc2N1. The number of nitrogens with zero attached hydrogens (tertiary/aromatic N) is 1. The molecule has 1 heterocycles. The molecule has 0 radical (unpaired) electrons. The number of anilines is 1. The number of hydrogen-bond donors (Lipinski definition) is 1. The Morgan fingerprint density at radius 2 is 2.06 bits per heavy atom. The van der Waals surface area contributed by atoms with Gasteiger partial charge in [0.1, 0.15) is 4.90 Å². The van der Waals surface area contributed by atoms with E-state index in [-0.39, 0.29) is 10.7 Å². The van der Waals surface area contributed by atoms with Gasteiger partial charge in [0.25, 0.3) is 10.0 Å². The second kappa shape index (κ2) is 3.60. The Morgan fingerprint density at radius 1 is 1.38 bits per heavy atom. The van der Waals surface area contributed by atoms with Crippen LogP contribution in [0.4, 0.5) is 5.69 Å². The molecule has 0 amide bonds. The molecule has 1 aliphatic heterocycles. The van der Waals surface area contributed by atoms with Crippen molar-refractivity contribution < 1.29 is 17.9 Å². The van der Waals surface area contributed by atoms with Crippen molar-refractivity contribution in [1.29, 1.82) is 0 Å². The van der Waals surface area contributed by atoms with Crippen LogP contribution in [0, 0.1) is 0 Å². The Bertz CT molecular complexity index is 577. The van der Waals surface area contributed by atoms with Gasteiger partial charge in [-0.1, -0.05) is 12.1 Å². The summed E-state index contributed by atoms with van der Waals surface area (Å²) in [5.74, 6) is -1.15. The third-order valence-corrected chi connectivity index (χ3v) is 3.34. The quantitative estimate of drug-likeness (QED) is 0.717. The van der Waals surface area contributed by atoms with Crippen LogP contribution in [-0.2, 0) is 19.6 Å². The number of nitrogens with one attached hydrogen (secondary N) is 1. The van der Waals surface area contributed by atoms with Gasteiger partial charge in [-0.15, -0.1) is 4.40 Å². The van der Waals surface area contributed by atoms with Crippen molar-refractivity contribution in [1.82, 2.24) is 0 Å². The molecule has 0 bridgehead atoms. The molecule has 0 spiro atoms. The van der Waals surface area contributed by atoms with Crippen LogP contribution in [0.5, 0.6) is 0 Å². The van der Waals surface area contributed by atoms with Crippen LogP contribution in [0.25, 0.3) is 0 Å². The molecular formula is C9H8N2O4S. The number of methoxy groups -OCH3 is 1.